The van der Waals surface area contributed by atoms with Gasteiger partial charge in [0.15, 0.2) is 0 Å². The lowest BCUT2D eigenvalue weighted by atomic mass is 10.3. The lowest BCUT2D eigenvalue weighted by molar-refractivity contribution is 0.471. The summed E-state index contributed by atoms with van der Waals surface area (Å²) in [7, 11) is 0. The Morgan fingerprint density at radius 3 is 1.53 bits per heavy atom. The number of aromatic hydroxyl groups is 1. The predicted molar refractivity (Wildman–Crippen MR) is 121 cm³/mol. The lowest BCUT2D eigenvalue weighted by Gasteiger charge is -2.03. The van der Waals surface area contributed by atoms with E-state index in [9.17, 15) is 5.11 Å². The summed E-state index contributed by atoms with van der Waals surface area (Å²) in [4.78, 5) is 0. The number of rotatable bonds is 0. The Hall–Kier alpha value is 3.86. The molecule has 0 unspecified atom stereocenters. The first-order valence-electron chi connectivity index (χ1n) is 2.56. The van der Waals surface area contributed by atoms with Gasteiger partial charge in [-0.05, 0) is 69.8 Å². The topological polar surface area (TPSA) is 20.2 Å². The summed E-state index contributed by atoms with van der Waals surface area (Å²) in [5.41, 5.74) is 0. The number of hydrogen-bond acceptors (Lipinski definition) is 1. The molecular weight excluding hydrogens is 915 g/mol. The molecule has 0 aromatic heterocycles. The minimum absolute atomic E-state index is 0. The molecule has 0 atom stereocenters. The van der Waals surface area contributed by atoms with E-state index in [2.05, 4.69) is 63.7 Å². The van der Waals surface area contributed by atoms with Gasteiger partial charge in [-0.25, -0.2) is 0 Å². The van der Waals surface area contributed by atoms with E-state index in [0.717, 1.165) is 13.4 Å². The minimum Gasteiger partial charge on any atom is -0.507 e. The van der Waals surface area contributed by atoms with Crippen LogP contribution in [0.15, 0.2) is 24.0 Å². The van der Waals surface area contributed by atoms with E-state index >= 15 is 0 Å². The first-order chi connectivity index (χ1) is 5.04. The van der Waals surface area contributed by atoms with Crippen molar-refractivity contribution < 1.29 is 5.11 Å². The lowest BCUT2D eigenvalue weighted by Crippen LogP contribution is -1.76. The highest BCUT2D eigenvalue weighted by Gasteiger charge is 2.09. The monoisotopic (exact) mass is 917 g/mol. The van der Waals surface area contributed by atoms with E-state index in [-0.39, 0.29) is 102 Å². The van der Waals surface area contributed by atoms with Crippen LogP contribution in [0.2, 0.25) is 0 Å². The highest BCUT2D eigenvalue weighted by Crippen LogP contribution is 2.41. The van der Waals surface area contributed by atoms with Crippen LogP contribution in [0.4, 0.5) is 0 Å². The molecule has 9 heteroatoms. The van der Waals surface area contributed by atoms with Crippen molar-refractivity contribution in [2.45, 2.75) is 0 Å². The molecule has 0 heterocycles. The van der Waals surface area contributed by atoms with Gasteiger partial charge in [-0.1, -0.05) is 0 Å². The van der Waals surface area contributed by atoms with Crippen LogP contribution in [0.5, 0.6) is 5.75 Å². The number of hydrogen-bond donors (Lipinski definition) is 1. The van der Waals surface area contributed by atoms with Gasteiger partial charge in [0, 0.05) is 8.95 Å². The van der Waals surface area contributed by atoms with E-state index < -0.39 is 0 Å². The summed E-state index contributed by atoms with van der Waals surface area (Å²) < 4.78 is 3.13. The van der Waals surface area contributed by atoms with Crippen molar-refractivity contribution in [2.75, 3.05) is 0 Å². The zero-order chi connectivity index (χ0) is 8.59. The molecule has 0 spiro atoms. The molecular formula is C6H6Br4I4O. The largest absolute Gasteiger partial charge is 0.507 e. The summed E-state index contributed by atoms with van der Waals surface area (Å²) in [6.45, 7) is 0. The second kappa shape index (κ2) is 12.9. The van der Waals surface area contributed by atoms with E-state index in [4.69, 9.17) is 0 Å². The van der Waals surface area contributed by atoms with Crippen molar-refractivity contribution >= 4 is 160 Å². The Kier molecular flexibility index (Phi) is 23.4. The molecule has 1 aromatic carbocycles. The smallest absolute Gasteiger partial charge is 0.132 e. The van der Waals surface area contributed by atoms with Crippen LogP contribution >= 0.6 is 160 Å². The van der Waals surface area contributed by atoms with Crippen LogP contribution in [0.25, 0.3) is 0 Å². The zero-order valence-electron chi connectivity index (χ0n) is 6.67. The van der Waals surface area contributed by atoms with E-state index in [1.165, 1.54) is 0 Å². The summed E-state index contributed by atoms with van der Waals surface area (Å²) in [5, 5.41) is 9.28. The molecule has 0 amide bonds. The molecule has 0 saturated carbocycles. The van der Waals surface area contributed by atoms with Crippen molar-refractivity contribution in [3.8, 4) is 5.75 Å². The van der Waals surface area contributed by atoms with E-state index in [1.54, 1.807) is 6.07 Å². The second-order valence-corrected chi connectivity index (χ2v) is 5.05. The molecule has 1 N–H and O–H groups in total. The Morgan fingerprint density at radius 1 is 0.733 bits per heavy atom. The van der Waals surface area contributed by atoms with Crippen LogP contribution in [0, 0.1) is 0 Å². The molecule has 0 aliphatic heterocycles. The van der Waals surface area contributed by atoms with Crippen molar-refractivity contribution in [1.29, 1.82) is 0 Å². The maximum Gasteiger partial charge on any atom is 0.132 e. The Labute approximate surface area is 190 Å². The molecule has 15 heavy (non-hydrogen) atoms. The normalized spacial score (nSPS) is 7.47. The highest BCUT2D eigenvalue weighted by molar-refractivity contribution is 14.0. The van der Waals surface area contributed by atoms with E-state index in [0.29, 0.717) is 4.47 Å². The number of benzene rings is 1. The van der Waals surface area contributed by atoms with E-state index in [1.807, 2.05) is 0 Å². The first kappa shape index (κ1) is 27.2. The van der Waals surface area contributed by atoms with Crippen LogP contribution in [-0.2, 0) is 0 Å². The average Bonchev–Trinajstić information content (AvgIpc) is 1.97. The van der Waals surface area contributed by atoms with Gasteiger partial charge in [0.25, 0.3) is 0 Å². The Morgan fingerprint density at radius 2 is 1.13 bits per heavy atom. The summed E-state index contributed by atoms with van der Waals surface area (Å²) in [6.07, 6.45) is 0. The third-order valence-corrected chi connectivity index (χ3v) is 5.72. The van der Waals surface area contributed by atoms with Gasteiger partial charge in [-0.15, -0.1) is 95.9 Å². The molecule has 0 saturated heterocycles. The van der Waals surface area contributed by atoms with Gasteiger partial charge >= 0.3 is 0 Å². The highest BCUT2D eigenvalue weighted by atomic mass is 127. The van der Waals surface area contributed by atoms with Crippen LogP contribution in [0.3, 0.4) is 0 Å². The van der Waals surface area contributed by atoms with Crippen molar-refractivity contribution in [2.24, 2.45) is 0 Å². The minimum atomic E-state index is 0. The quantitative estimate of drug-likeness (QED) is 0.171. The Bertz CT molecular complexity index is 283. The van der Waals surface area contributed by atoms with Gasteiger partial charge in [0.1, 0.15) is 5.75 Å². The summed E-state index contributed by atoms with van der Waals surface area (Å²) >= 11 is 13.1. The molecule has 0 bridgehead atoms. The SMILES string of the molecule is I.I.I.I.Oc1cc(Br)c(Br)c(Br)c1Br. The molecule has 1 aromatic rings. The number of phenolic OH excluding ortho intramolecular Hbond substituents is 1. The van der Waals surface area contributed by atoms with Crippen molar-refractivity contribution in [3.63, 3.8) is 0 Å². The van der Waals surface area contributed by atoms with Crippen LogP contribution in [-0.4, -0.2) is 5.11 Å². The maximum absolute atomic E-state index is 9.28. The fourth-order valence-corrected chi connectivity index (χ4v) is 2.55. The fourth-order valence-electron chi connectivity index (χ4n) is 0.560. The average molecular weight is 921 g/mol. The van der Waals surface area contributed by atoms with Gasteiger partial charge in [0.2, 0.25) is 0 Å². The number of phenols is 1. The molecule has 0 radical (unpaired) electrons. The standard InChI is InChI=1S/C6H2Br4O.4HI/c7-2-1-3(11)5(9)6(10)4(2)8;;;;/h1,11H;4*1H. The number of halogens is 8. The van der Waals surface area contributed by atoms with Gasteiger partial charge < -0.3 is 5.11 Å². The fraction of sp³-hybridized carbons (Fsp3) is 0. The zero-order valence-corrected chi connectivity index (χ0v) is 22.3. The molecule has 0 aliphatic rings. The van der Waals surface area contributed by atoms with Crippen molar-refractivity contribution in [1.82, 2.24) is 0 Å². The molecule has 1 nitrogen and oxygen atoms in total. The second-order valence-electron chi connectivity index (χ2n) is 1.82. The molecule has 1 rings (SSSR count). The van der Waals surface area contributed by atoms with Gasteiger partial charge in [-0.2, -0.15) is 0 Å². The van der Waals surface area contributed by atoms with Gasteiger partial charge in [-0.3, -0.25) is 0 Å². The summed E-state index contributed by atoms with van der Waals surface area (Å²) in [6, 6.07) is 1.61. The van der Waals surface area contributed by atoms with Crippen molar-refractivity contribution in [3.05, 3.63) is 24.0 Å². The molecule has 92 valence electrons. The van der Waals surface area contributed by atoms with Gasteiger partial charge in [0.05, 0.1) is 8.95 Å². The summed E-state index contributed by atoms with van der Waals surface area (Å²) in [5.74, 6) is 0.201. The Balaban J connectivity index is -0.000000151. The third-order valence-electron chi connectivity index (χ3n) is 1.08. The van der Waals surface area contributed by atoms with Crippen LogP contribution in [0.1, 0.15) is 0 Å². The molecule has 0 aliphatic carbocycles. The first-order valence-corrected chi connectivity index (χ1v) is 5.73. The predicted octanol–water partition coefficient (Wildman–Crippen LogP) is 6.91. The third kappa shape index (κ3) is 7.89. The van der Waals surface area contributed by atoms with Crippen LogP contribution < -0.4 is 0 Å². The maximum atomic E-state index is 9.28. The molecule has 0 fully saturated rings.